The van der Waals surface area contributed by atoms with Gasteiger partial charge in [-0.3, -0.25) is 4.99 Å². The van der Waals surface area contributed by atoms with Gasteiger partial charge in [-0.2, -0.15) is 0 Å². The van der Waals surface area contributed by atoms with Gasteiger partial charge < -0.3 is 10.3 Å². The average Bonchev–Trinajstić information content (AvgIpc) is 3.00. The molecule has 0 saturated heterocycles. The number of rotatable bonds is 5. The van der Waals surface area contributed by atoms with Crippen LogP contribution in [-0.2, 0) is 6.54 Å². The van der Waals surface area contributed by atoms with Crippen LogP contribution in [0.4, 0.5) is 5.69 Å². The fourth-order valence-corrected chi connectivity index (χ4v) is 2.17. The Kier molecular flexibility index (Phi) is 4.30. The zero-order valence-corrected chi connectivity index (χ0v) is 12.5. The Hall–Kier alpha value is -2.88. The van der Waals surface area contributed by atoms with Gasteiger partial charge in [0.25, 0.3) is 0 Å². The second kappa shape index (κ2) is 6.72. The maximum atomic E-state index is 4.37. The standard InChI is InChI=1S/C18H18N4/c1-14-20-12-18(22-14)16-7-9-17(10-8-16)21-13-19-11-15-5-3-2-4-6-15/h2-10,12-13H,11H2,1H3,(H,19,21)(H,20,22). The summed E-state index contributed by atoms with van der Waals surface area (Å²) >= 11 is 0. The van der Waals surface area contributed by atoms with Crippen molar-refractivity contribution in [2.24, 2.45) is 4.99 Å². The Balaban J connectivity index is 1.57. The van der Waals surface area contributed by atoms with Gasteiger partial charge in [0.1, 0.15) is 5.82 Å². The predicted octanol–water partition coefficient (Wildman–Crippen LogP) is 4.03. The molecule has 1 aromatic heterocycles. The monoisotopic (exact) mass is 290 g/mol. The van der Waals surface area contributed by atoms with Crippen molar-refractivity contribution >= 4 is 12.0 Å². The van der Waals surface area contributed by atoms with Crippen LogP contribution in [0, 0.1) is 6.92 Å². The van der Waals surface area contributed by atoms with Gasteiger partial charge in [-0.1, -0.05) is 42.5 Å². The lowest BCUT2D eigenvalue weighted by Gasteiger charge is -2.02. The fourth-order valence-electron chi connectivity index (χ4n) is 2.17. The smallest absolute Gasteiger partial charge is 0.103 e. The van der Waals surface area contributed by atoms with Crippen molar-refractivity contribution in [2.75, 3.05) is 5.32 Å². The highest BCUT2D eigenvalue weighted by Gasteiger charge is 2.00. The maximum absolute atomic E-state index is 4.37. The van der Waals surface area contributed by atoms with E-state index in [9.17, 15) is 0 Å². The first-order chi connectivity index (χ1) is 10.8. The Morgan fingerprint density at radius 1 is 1.09 bits per heavy atom. The lowest BCUT2D eigenvalue weighted by atomic mass is 10.1. The second-order valence-electron chi connectivity index (χ2n) is 5.06. The Morgan fingerprint density at radius 2 is 1.86 bits per heavy atom. The molecule has 22 heavy (non-hydrogen) atoms. The largest absolute Gasteiger partial charge is 0.347 e. The molecule has 0 atom stereocenters. The first-order valence-corrected chi connectivity index (χ1v) is 7.22. The van der Waals surface area contributed by atoms with Crippen LogP contribution in [-0.4, -0.2) is 16.3 Å². The number of imidazole rings is 1. The van der Waals surface area contributed by atoms with E-state index in [1.54, 1.807) is 6.34 Å². The van der Waals surface area contributed by atoms with E-state index in [2.05, 4.69) is 44.5 Å². The maximum Gasteiger partial charge on any atom is 0.103 e. The molecule has 0 amide bonds. The van der Waals surface area contributed by atoms with Crippen molar-refractivity contribution in [1.29, 1.82) is 0 Å². The van der Waals surface area contributed by atoms with Crippen molar-refractivity contribution in [3.05, 3.63) is 72.2 Å². The Bertz CT molecular complexity index is 742. The van der Waals surface area contributed by atoms with E-state index in [1.807, 2.05) is 43.5 Å². The lowest BCUT2D eigenvalue weighted by molar-refractivity contribution is 1.08. The summed E-state index contributed by atoms with van der Waals surface area (Å²) in [5, 5.41) is 3.18. The van der Waals surface area contributed by atoms with Gasteiger partial charge in [-0.25, -0.2) is 4.98 Å². The summed E-state index contributed by atoms with van der Waals surface area (Å²) in [7, 11) is 0. The topological polar surface area (TPSA) is 53.1 Å². The molecule has 2 aromatic carbocycles. The summed E-state index contributed by atoms with van der Waals surface area (Å²) in [6, 6.07) is 18.4. The highest BCUT2D eigenvalue weighted by molar-refractivity contribution is 5.76. The van der Waals surface area contributed by atoms with Crippen molar-refractivity contribution < 1.29 is 0 Å². The van der Waals surface area contributed by atoms with Crippen LogP contribution < -0.4 is 5.32 Å². The fraction of sp³-hybridized carbons (Fsp3) is 0.111. The van der Waals surface area contributed by atoms with Crippen LogP contribution in [0.3, 0.4) is 0 Å². The molecule has 110 valence electrons. The molecule has 0 aliphatic heterocycles. The van der Waals surface area contributed by atoms with Gasteiger partial charge in [-0.15, -0.1) is 0 Å². The van der Waals surface area contributed by atoms with Gasteiger partial charge in [0.2, 0.25) is 0 Å². The molecule has 3 rings (SSSR count). The minimum atomic E-state index is 0.680. The molecule has 0 bridgehead atoms. The molecule has 0 spiro atoms. The third-order valence-corrected chi connectivity index (χ3v) is 3.34. The van der Waals surface area contributed by atoms with Gasteiger partial charge in [0.15, 0.2) is 0 Å². The number of nitrogens with zero attached hydrogens (tertiary/aromatic N) is 2. The number of nitrogens with one attached hydrogen (secondary N) is 2. The Morgan fingerprint density at radius 3 is 2.55 bits per heavy atom. The van der Waals surface area contributed by atoms with Crippen LogP contribution in [0.15, 0.2) is 65.8 Å². The van der Waals surface area contributed by atoms with Crippen molar-refractivity contribution in [1.82, 2.24) is 9.97 Å². The minimum absolute atomic E-state index is 0.680. The SMILES string of the molecule is Cc1ncc(-c2ccc(NC=NCc3ccccc3)cc2)[nH]1. The average molecular weight is 290 g/mol. The summed E-state index contributed by atoms with van der Waals surface area (Å²) in [5.41, 5.74) is 4.36. The number of anilines is 1. The van der Waals surface area contributed by atoms with Crippen LogP contribution in [0.1, 0.15) is 11.4 Å². The number of aliphatic imine (C=N–C) groups is 1. The molecule has 0 saturated carbocycles. The number of aromatic amines is 1. The molecule has 4 nitrogen and oxygen atoms in total. The molecule has 0 unspecified atom stereocenters. The molecule has 0 aliphatic carbocycles. The first kappa shape index (κ1) is 14.1. The lowest BCUT2D eigenvalue weighted by Crippen LogP contribution is -1.95. The van der Waals surface area contributed by atoms with Crippen LogP contribution in [0.25, 0.3) is 11.3 Å². The van der Waals surface area contributed by atoms with E-state index in [-0.39, 0.29) is 0 Å². The molecular formula is C18H18N4. The predicted molar refractivity (Wildman–Crippen MR) is 91.0 cm³/mol. The molecular weight excluding hydrogens is 272 g/mol. The summed E-state index contributed by atoms with van der Waals surface area (Å²) in [4.78, 5) is 11.8. The zero-order chi connectivity index (χ0) is 15.2. The Labute approximate surface area is 130 Å². The number of aromatic nitrogens is 2. The van der Waals surface area contributed by atoms with E-state index in [0.717, 1.165) is 22.8 Å². The number of hydrogen-bond donors (Lipinski definition) is 2. The second-order valence-corrected chi connectivity index (χ2v) is 5.06. The quantitative estimate of drug-likeness (QED) is 0.550. The summed E-state index contributed by atoms with van der Waals surface area (Å²) < 4.78 is 0. The normalized spacial score (nSPS) is 11.0. The van der Waals surface area contributed by atoms with E-state index < -0.39 is 0 Å². The van der Waals surface area contributed by atoms with E-state index >= 15 is 0 Å². The van der Waals surface area contributed by atoms with E-state index in [1.165, 1.54) is 5.56 Å². The van der Waals surface area contributed by atoms with E-state index in [0.29, 0.717) is 6.54 Å². The van der Waals surface area contributed by atoms with E-state index in [4.69, 9.17) is 0 Å². The van der Waals surface area contributed by atoms with Crippen molar-refractivity contribution in [3.63, 3.8) is 0 Å². The number of hydrogen-bond acceptors (Lipinski definition) is 2. The van der Waals surface area contributed by atoms with Gasteiger partial charge in [0.05, 0.1) is 24.8 Å². The molecule has 4 heteroatoms. The molecule has 3 aromatic rings. The molecule has 0 fully saturated rings. The molecule has 1 heterocycles. The summed E-state index contributed by atoms with van der Waals surface area (Å²) in [6.07, 6.45) is 3.58. The summed E-state index contributed by atoms with van der Waals surface area (Å²) in [6.45, 7) is 2.63. The zero-order valence-electron chi connectivity index (χ0n) is 12.5. The van der Waals surface area contributed by atoms with Crippen LogP contribution in [0.2, 0.25) is 0 Å². The third-order valence-electron chi connectivity index (χ3n) is 3.34. The highest BCUT2D eigenvalue weighted by atomic mass is 14.9. The number of benzene rings is 2. The summed E-state index contributed by atoms with van der Waals surface area (Å²) in [5.74, 6) is 0.922. The van der Waals surface area contributed by atoms with Gasteiger partial charge >= 0.3 is 0 Å². The molecule has 0 radical (unpaired) electrons. The molecule has 0 aliphatic rings. The van der Waals surface area contributed by atoms with Gasteiger partial charge in [-0.05, 0) is 30.2 Å². The number of H-pyrrole nitrogens is 1. The van der Waals surface area contributed by atoms with Crippen molar-refractivity contribution in [3.8, 4) is 11.3 Å². The third kappa shape index (κ3) is 3.61. The first-order valence-electron chi connectivity index (χ1n) is 7.22. The van der Waals surface area contributed by atoms with Crippen LogP contribution in [0.5, 0.6) is 0 Å². The molecule has 2 N–H and O–H groups in total. The minimum Gasteiger partial charge on any atom is -0.347 e. The highest BCUT2D eigenvalue weighted by Crippen LogP contribution is 2.19. The van der Waals surface area contributed by atoms with Crippen LogP contribution >= 0.6 is 0 Å². The van der Waals surface area contributed by atoms with Gasteiger partial charge in [0, 0.05) is 5.69 Å². The van der Waals surface area contributed by atoms with Crippen molar-refractivity contribution in [2.45, 2.75) is 13.5 Å². The number of aryl methyl sites for hydroxylation is 1.